The monoisotopic (exact) mass is 232 g/mol. The van der Waals surface area contributed by atoms with Crippen LogP contribution in [0, 0.1) is 11.3 Å². The highest BCUT2D eigenvalue weighted by Gasteiger charge is 2.41. The lowest BCUT2D eigenvalue weighted by molar-refractivity contribution is 0.229. The first kappa shape index (κ1) is 11.9. The molecule has 0 aromatic heterocycles. The van der Waals surface area contributed by atoms with Gasteiger partial charge in [-0.15, -0.1) is 0 Å². The minimum Gasteiger partial charge on any atom is -0.496 e. The summed E-state index contributed by atoms with van der Waals surface area (Å²) in [5.74, 6) is 0.769. The van der Waals surface area contributed by atoms with Gasteiger partial charge in [0.15, 0.2) is 0 Å². The molecule has 1 saturated carbocycles. The van der Waals surface area contributed by atoms with Crippen LogP contribution in [0.25, 0.3) is 0 Å². The lowest BCUT2D eigenvalue weighted by Gasteiger charge is -2.16. The minimum atomic E-state index is -0.104. The molecule has 1 aromatic carbocycles. The van der Waals surface area contributed by atoms with Gasteiger partial charge in [0.2, 0.25) is 0 Å². The summed E-state index contributed by atoms with van der Waals surface area (Å²) in [5, 5.41) is 21.4. The molecule has 0 amide bonds. The molecular weight excluding hydrogens is 216 g/mol. The highest BCUT2D eigenvalue weighted by molar-refractivity contribution is 5.42. The zero-order valence-electron chi connectivity index (χ0n) is 9.86. The van der Waals surface area contributed by atoms with Crippen molar-refractivity contribution in [2.45, 2.75) is 24.9 Å². The third kappa shape index (κ3) is 2.57. The van der Waals surface area contributed by atoms with Crippen LogP contribution in [-0.2, 0) is 6.54 Å². The third-order valence-corrected chi connectivity index (χ3v) is 3.22. The minimum absolute atomic E-state index is 0.104. The van der Waals surface area contributed by atoms with E-state index in [4.69, 9.17) is 10.00 Å². The topological polar surface area (TPSA) is 65.3 Å². The van der Waals surface area contributed by atoms with Crippen LogP contribution in [0.5, 0.6) is 5.75 Å². The smallest absolute Gasteiger partial charge is 0.123 e. The first-order valence-corrected chi connectivity index (χ1v) is 5.66. The van der Waals surface area contributed by atoms with Crippen LogP contribution >= 0.6 is 0 Å². The van der Waals surface area contributed by atoms with Crippen molar-refractivity contribution < 1.29 is 9.84 Å². The van der Waals surface area contributed by atoms with Gasteiger partial charge in [0.05, 0.1) is 25.3 Å². The van der Waals surface area contributed by atoms with Gasteiger partial charge in [0.1, 0.15) is 5.75 Å². The summed E-state index contributed by atoms with van der Waals surface area (Å²) < 4.78 is 5.25. The van der Waals surface area contributed by atoms with Crippen LogP contribution in [0.1, 0.15) is 24.0 Å². The van der Waals surface area contributed by atoms with Crippen LogP contribution in [0.3, 0.4) is 0 Å². The Morgan fingerprint density at radius 2 is 2.29 bits per heavy atom. The Balaban J connectivity index is 2.11. The zero-order valence-corrected chi connectivity index (χ0v) is 9.86. The molecule has 0 unspecified atom stereocenters. The van der Waals surface area contributed by atoms with Gasteiger partial charge in [-0.3, -0.25) is 0 Å². The number of aliphatic hydroxyl groups excluding tert-OH is 1. The van der Waals surface area contributed by atoms with Gasteiger partial charge in [-0.25, -0.2) is 0 Å². The number of nitrogens with zero attached hydrogens (tertiary/aromatic N) is 1. The molecule has 0 radical (unpaired) electrons. The number of ether oxygens (including phenoxy) is 1. The summed E-state index contributed by atoms with van der Waals surface area (Å²) in [5.41, 5.74) is 1.47. The van der Waals surface area contributed by atoms with Gasteiger partial charge in [-0.05, 0) is 31.0 Å². The first-order chi connectivity index (χ1) is 8.23. The number of hydrogen-bond acceptors (Lipinski definition) is 4. The Morgan fingerprint density at radius 3 is 2.82 bits per heavy atom. The Hall–Kier alpha value is -1.57. The number of benzene rings is 1. The lowest BCUT2D eigenvalue weighted by Crippen LogP contribution is -2.34. The molecule has 0 spiro atoms. The van der Waals surface area contributed by atoms with E-state index in [1.807, 2.05) is 6.07 Å². The largest absolute Gasteiger partial charge is 0.496 e. The lowest BCUT2D eigenvalue weighted by atomic mass is 10.1. The number of hydrogen-bond donors (Lipinski definition) is 2. The van der Waals surface area contributed by atoms with E-state index in [9.17, 15) is 5.11 Å². The van der Waals surface area contributed by atoms with Gasteiger partial charge >= 0.3 is 0 Å². The summed E-state index contributed by atoms with van der Waals surface area (Å²) >= 11 is 0. The maximum absolute atomic E-state index is 9.22. The average molecular weight is 232 g/mol. The third-order valence-electron chi connectivity index (χ3n) is 3.22. The summed E-state index contributed by atoms with van der Waals surface area (Å²) in [4.78, 5) is 0. The van der Waals surface area contributed by atoms with Crippen molar-refractivity contribution in [2.24, 2.45) is 0 Å². The van der Waals surface area contributed by atoms with Crippen molar-refractivity contribution in [1.29, 1.82) is 5.26 Å². The quantitative estimate of drug-likeness (QED) is 0.800. The number of nitriles is 1. The van der Waals surface area contributed by atoms with Gasteiger partial charge in [-0.1, -0.05) is 0 Å². The van der Waals surface area contributed by atoms with E-state index in [1.165, 1.54) is 0 Å². The van der Waals surface area contributed by atoms with Crippen molar-refractivity contribution in [3.05, 3.63) is 29.3 Å². The van der Waals surface area contributed by atoms with E-state index in [2.05, 4.69) is 11.4 Å². The summed E-state index contributed by atoms with van der Waals surface area (Å²) in [6.45, 7) is 0.770. The zero-order chi connectivity index (χ0) is 12.3. The molecule has 0 atom stereocenters. The van der Waals surface area contributed by atoms with Gasteiger partial charge in [0.25, 0.3) is 0 Å². The van der Waals surface area contributed by atoms with Gasteiger partial charge < -0.3 is 15.2 Å². The normalized spacial score (nSPS) is 16.3. The molecule has 17 heavy (non-hydrogen) atoms. The average Bonchev–Trinajstić information content (AvgIpc) is 3.16. The molecule has 2 N–H and O–H groups in total. The second kappa shape index (κ2) is 4.74. The van der Waals surface area contributed by atoms with E-state index >= 15 is 0 Å². The second-order valence-electron chi connectivity index (χ2n) is 4.43. The van der Waals surface area contributed by atoms with Crippen LogP contribution in [0.2, 0.25) is 0 Å². The fourth-order valence-electron chi connectivity index (χ4n) is 1.81. The molecule has 1 fully saturated rings. The standard InChI is InChI=1S/C13H16N2O2/c1-17-12-3-2-10(7-14)6-11(12)8-15-13(9-16)4-5-13/h2-3,6,15-16H,4-5,8-9H2,1H3. The SMILES string of the molecule is COc1ccc(C#N)cc1CNC1(CO)CC1. The fraction of sp³-hybridized carbons (Fsp3) is 0.462. The van der Waals surface area contributed by atoms with Crippen LogP contribution in [0.15, 0.2) is 18.2 Å². The van der Waals surface area contributed by atoms with Crippen LogP contribution in [-0.4, -0.2) is 24.4 Å². The predicted octanol–water partition coefficient (Wildman–Crippen LogP) is 1.18. The molecule has 0 bridgehead atoms. The van der Waals surface area contributed by atoms with E-state index in [0.717, 1.165) is 24.2 Å². The predicted molar refractivity (Wildman–Crippen MR) is 63.6 cm³/mol. The van der Waals surface area contributed by atoms with Crippen LogP contribution < -0.4 is 10.1 Å². The summed E-state index contributed by atoms with van der Waals surface area (Å²) in [7, 11) is 1.61. The molecule has 1 aliphatic rings. The van der Waals surface area contributed by atoms with E-state index < -0.39 is 0 Å². The summed E-state index contributed by atoms with van der Waals surface area (Å²) in [6, 6.07) is 7.47. The Labute approximate surface area is 101 Å². The maximum Gasteiger partial charge on any atom is 0.123 e. The van der Waals surface area contributed by atoms with Crippen molar-refractivity contribution in [3.63, 3.8) is 0 Å². The molecule has 4 nitrogen and oxygen atoms in total. The van der Waals surface area contributed by atoms with Gasteiger partial charge in [-0.2, -0.15) is 5.26 Å². The van der Waals surface area contributed by atoms with Crippen molar-refractivity contribution >= 4 is 0 Å². The molecule has 0 saturated heterocycles. The second-order valence-corrected chi connectivity index (χ2v) is 4.43. The van der Waals surface area contributed by atoms with Crippen LogP contribution in [0.4, 0.5) is 0 Å². The van der Waals surface area contributed by atoms with E-state index in [1.54, 1.807) is 19.2 Å². The van der Waals surface area contributed by atoms with Crippen molar-refractivity contribution in [3.8, 4) is 11.8 Å². The Morgan fingerprint density at radius 1 is 1.53 bits per heavy atom. The molecule has 90 valence electrons. The first-order valence-electron chi connectivity index (χ1n) is 5.66. The maximum atomic E-state index is 9.22. The van der Waals surface area contributed by atoms with Crippen molar-refractivity contribution in [1.82, 2.24) is 5.32 Å². The highest BCUT2D eigenvalue weighted by Crippen LogP contribution is 2.35. The summed E-state index contributed by atoms with van der Waals surface area (Å²) in [6.07, 6.45) is 2.01. The Bertz CT molecular complexity index is 447. The van der Waals surface area contributed by atoms with E-state index in [0.29, 0.717) is 12.1 Å². The van der Waals surface area contributed by atoms with Gasteiger partial charge in [0, 0.05) is 17.6 Å². The Kier molecular flexibility index (Phi) is 3.32. The van der Waals surface area contributed by atoms with E-state index in [-0.39, 0.29) is 12.1 Å². The number of methoxy groups -OCH3 is 1. The molecular formula is C13H16N2O2. The molecule has 1 aromatic rings. The number of nitrogens with one attached hydrogen (secondary N) is 1. The highest BCUT2D eigenvalue weighted by atomic mass is 16.5. The van der Waals surface area contributed by atoms with Crippen molar-refractivity contribution in [2.75, 3.05) is 13.7 Å². The molecule has 2 rings (SSSR count). The fourth-order valence-corrected chi connectivity index (χ4v) is 1.81. The number of aliphatic hydroxyl groups is 1. The molecule has 0 aliphatic heterocycles. The number of rotatable bonds is 5. The molecule has 4 heteroatoms. The molecule has 1 aliphatic carbocycles. The molecule has 0 heterocycles.